The molecular formula is C26H28BrFeN3+. The zero-order valence-corrected chi connectivity index (χ0v) is 21.8. The number of hydrogen-bond donors (Lipinski definition) is 0. The zero-order chi connectivity index (χ0) is 22.9. The van der Waals surface area contributed by atoms with E-state index in [1.165, 1.54) is 22.3 Å². The number of hydrogen-bond acceptors (Lipinski definition) is 2. The number of aryl methyl sites for hydroxylation is 5. The summed E-state index contributed by atoms with van der Waals surface area (Å²) in [7, 11) is 0. The summed E-state index contributed by atoms with van der Waals surface area (Å²) in [4.78, 5) is 9.88. The Morgan fingerprint density at radius 3 is 1.65 bits per heavy atom. The second-order valence-corrected chi connectivity index (χ2v) is 9.47. The van der Waals surface area contributed by atoms with E-state index in [0.29, 0.717) is 0 Å². The Kier molecular flexibility index (Phi) is 7.31. The molecule has 3 aromatic rings. The molecule has 3 nitrogen and oxygen atoms in total. The third kappa shape index (κ3) is 5.23. The van der Waals surface area contributed by atoms with Gasteiger partial charge in [0, 0.05) is 0 Å². The average molecular weight is 518 g/mol. The van der Waals surface area contributed by atoms with Gasteiger partial charge in [-0.2, -0.15) is 0 Å². The third-order valence-corrected chi connectivity index (χ3v) is 6.39. The quantitative estimate of drug-likeness (QED) is 0.267. The van der Waals surface area contributed by atoms with Crippen LogP contribution in [0.15, 0.2) is 56.9 Å². The van der Waals surface area contributed by atoms with Gasteiger partial charge >= 0.3 is 203 Å². The number of aliphatic imine (C=N–C) groups is 2. The van der Waals surface area contributed by atoms with Crippen molar-refractivity contribution in [1.82, 2.24) is 0 Å². The van der Waals surface area contributed by atoms with Crippen molar-refractivity contribution in [1.29, 1.82) is 0 Å². The predicted octanol–water partition coefficient (Wildman–Crippen LogP) is 6.87. The van der Waals surface area contributed by atoms with Gasteiger partial charge < -0.3 is 0 Å². The molecule has 0 N–H and O–H groups in total. The Balaban J connectivity index is 2.06. The van der Waals surface area contributed by atoms with Gasteiger partial charge in [-0.05, 0) is 0 Å². The molecule has 161 valence electrons. The van der Waals surface area contributed by atoms with Crippen molar-refractivity contribution in [2.24, 2.45) is 9.98 Å². The van der Waals surface area contributed by atoms with Crippen molar-refractivity contribution in [2.75, 3.05) is 0 Å². The van der Waals surface area contributed by atoms with Crippen LogP contribution in [0.4, 0.5) is 11.4 Å². The molecule has 31 heavy (non-hydrogen) atoms. The molecule has 3 rings (SSSR count). The summed E-state index contributed by atoms with van der Waals surface area (Å²) in [6, 6.07) is 14.7. The number of benzene rings is 2. The first-order valence-corrected chi connectivity index (χ1v) is 11.5. The Bertz CT molecular complexity index is 1090. The first-order chi connectivity index (χ1) is 14.6. The Morgan fingerprint density at radius 2 is 1.16 bits per heavy atom. The SMILES string of the molecule is CC(=Nc1c(C)cc(C)cc1C)c1cccc(C(C)=Nc2c(C)cc(C)cc2Br)[n+]1[Fe]. The second kappa shape index (κ2) is 9.60. The van der Waals surface area contributed by atoms with Gasteiger partial charge in [-0.3, -0.25) is 0 Å². The van der Waals surface area contributed by atoms with Gasteiger partial charge in [0.1, 0.15) is 0 Å². The van der Waals surface area contributed by atoms with E-state index in [4.69, 9.17) is 9.98 Å². The van der Waals surface area contributed by atoms with Crippen LogP contribution in [0.3, 0.4) is 0 Å². The number of halogens is 1. The average Bonchev–Trinajstić information content (AvgIpc) is 2.67. The minimum atomic E-state index is 0.903. The Hall–Kier alpha value is -2.07. The van der Waals surface area contributed by atoms with Crippen LogP contribution in [0.2, 0.25) is 0 Å². The van der Waals surface area contributed by atoms with Gasteiger partial charge in [0.25, 0.3) is 0 Å². The molecule has 0 aliphatic heterocycles. The molecular weight excluding hydrogens is 490 g/mol. The minimum absolute atomic E-state index is 0.903. The summed E-state index contributed by atoms with van der Waals surface area (Å²) in [5.74, 6) is 0. The van der Waals surface area contributed by atoms with Crippen LogP contribution < -0.4 is 3.58 Å². The summed E-state index contributed by atoms with van der Waals surface area (Å²) < 4.78 is 2.92. The molecule has 2 aromatic carbocycles. The summed E-state index contributed by atoms with van der Waals surface area (Å²) >= 11 is 7.97. The van der Waals surface area contributed by atoms with Crippen molar-refractivity contribution in [3.8, 4) is 0 Å². The van der Waals surface area contributed by atoms with E-state index in [1.54, 1.807) is 0 Å². The summed E-state index contributed by atoms with van der Waals surface area (Å²) in [6.07, 6.45) is 0. The maximum atomic E-state index is 4.96. The zero-order valence-electron chi connectivity index (χ0n) is 19.1. The van der Waals surface area contributed by atoms with Crippen LogP contribution in [0.1, 0.15) is 53.1 Å². The van der Waals surface area contributed by atoms with E-state index < -0.39 is 0 Å². The predicted molar refractivity (Wildman–Crippen MR) is 130 cm³/mol. The maximum absolute atomic E-state index is 4.96. The van der Waals surface area contributed by atoms with Crippen molar-refractivity contribution in [3.63, 3.8) is 0 Å². The fraction of sp³-hybridized carbons (Fsp3) is 0.269. The fourth-order valence-corrected chi connectivity index (χ4v) is 5.14. The van der Waals surface area contributed by atoms with Crippen LogP contribution in [0, 0.1) is 34.6 Å². The van der Waals surface area contributed by atoms with E-state index in [-0.39, 0.29) is 0 Å². The van der Waals surface area contributed by atoms with E-state index in [1.807, 2.05) is 29.6 Å². The third-order valence-electron chi connectivity index (χ3n) is 5.25. The molecule has 0 atom stereocenters. The van der Waals surface area contributed by atoms with E-state index in [9.17, 15) is 0 Å². The molecule has 0 aliphatic rings. The van der Waals surface area contributed by atoms with Crippen molar-refractivity contribution >= 4 is 38.7 Å². The van der Waals surface area contributed by atoms with Gasteiger partial charge in [-0.1, -0.05) is 0 Å². The summed E-state index contributed by atoms with van der Waals surface area (Å²) in [6.45, 7) is 14.6. The van der Waals surface area contributed by atoms with Crippen molar-refractivity contribution < 1.29 is 19.8 Å². The standard InChI is InChI=1S/C26H28BrN3.Fe/c1-15-11-17(3)25(18(4)12-15)28-20(6)23-9-8-10-24(30-23)21(7)29-26-19(5)13-16(2)14-22(26)27;/h8-14H,1-7H3;/q;+1. The van der Waals surface area contributed by atoms with Crippen LogP contribution in [-0.4, -0.2) is 11.4 Å². The Morgan fingerprint density at radius 1 is 0.742 bits per heavy atom. The normalized spacial score (nSPS) is 12.4. The second-order valence-electron chi connectivity index (χ2n) is 8.12. The van der Waals surface area contributed by atoms with Crippen LogP contribution >= 0.6 is 15.9 Å². The summed E-state index contributed by atoms with van der Waals surface area (Å²) in [5.41, 5.74) is 11.7. The molecule has 5 heteroatoms. The molecule has 0 amide bonds. The van der Waals surface area contributed by atoms with E-state index >= 15 is 0 Å². The molecule has 0 radical (unpaired) electrons. The molecule has 0 saturated heterocycles. The van der Waals surface area contributed by atoms with Crippen molar-refractivity contribution in [3.05, 3.63) is 86.1 Å². The van der Waals surface area contributed by atoms with Crippen LogP contribution in [0.25, 0.3) is 0 Å². The van der Waals surface area contributed by atoms with Gasteiger partial charge in [0.2, 0.25) is 0 Å². The first kappa shape index (κ1) is 23.6. The molecule has 0 spiro atoms. The van der Waals surface area contributed by atoms with Gasteiger partial charge in [-0.15, -0.1) is 0 Å². The molecule has 0 fully saturated rings. The monoisotopic (exact) mass is 517 g/mol. The molecule has 0 bridgehead atoms. The van der Waals surface area contributed by atoms with Crippen molar-refractivity contribution in [2.45, 2.75) is 48.5 Å². The number of aromatic nitrogens is 1. The first-order valence-electron chi connectivity index (χ1n) is 10.2. The van der Waals surface area contributed by atoms with Gasteiger partial charge in [0.05, 0.1) is 0 Å². The number of pyridine rings is 1. The summed E-state index contributed by atoms with van der Waals surface area (Å²) in [5, 5.41) is 0. The van der Waals surface area contributed by atoms with Gasteiger partial charge in [-0.25, -0.2) is 0 Å². The van der Waals surface area contributed by atoms with Crippen LogP contribution in [0.5, 0.6) is 0 Å². The Labute approximate surface area is 202 Å². The molecule has 1 heterocycles. The van der Waals surface area contributed by atoms with E-state index in [2.05, 4.69) is 97.1 Å². The fourth-order valence-electron chi connectivity index (χ4n) is 3.85. The van der Waals surface area contributed by atoms with Crippen LogP contribution in [-0.2, 0) is 16.2 Å². The number of rotatable bonds is 4. The molecule has 0 unspecified atom stereocenters. The molecule has 0 aliphatic carbocycles. The molecule has 0 saturated carbocycles. The number of nitrogens with zero attached hydrogens (tertiary/aromatic N) is 3. The molecule has 1 aromatic heterocycles. The van der Waals surface area contributed by atoms with E-state index in [0.717, 1.165) is 44.2 Å². The topological polar surface area (TPSA) is 28.6 Å². The van der Waals surface area contributed by atoms with Gasteiger partial charge in [0.15, 0.2) is 0 Å².